The van der Waals surface area contributed by atoms with Gasteiger partial charge in [0.05, 0.1) is 23.0 Å². The van der Waals surface area contributed by atoms with E-state index >= 15 is 0 Å². The number of amides is 1. The van der Waals surface area contributed by atoms with Crippen molar-refractivity contribution in [2.75, 3.05) is 4.90 Å². The summed E-state index contributed by atoms with van der Waals surface area (Å²) in [4.78, 5) is 39.4. The summed E-state index contributed by atoms with van der Waals surface area (Å²) in [5.74, 6) is -2.52. The number of carbonyl (C=O) groups is 1. The summed E-state index contributed by atoms with van der Waals surface area (Å²) in [6, 6.07) is 13.8. The normalized spacial score (nSPS) is 10.5. The lowest BCUT2D eigenvalue weighted by Gasteiger charge is -2.27. The number of nitrogens with one attached hydrogen (secondary N) is 2. The summed E-state index contributed by atoms with van der Waals surface area (Å²) >= 11 is 0. The molecule has 4 N–H and O–H groups in total. The maximum absolute atomic E-state index is 13.4. The van der Waals surface area contributed by atoms with Crippen LogP contribution in [0.1, 0.15) is 29.3 Å². The van der Waals surface area contributed by atoms with Crippen LogP contribution in [0, 0.1) is 29.1 Å². The molecular weight excluding hydrogens is 453 g/mol. The summed E-state index contributed by atoms with van der Waals surface area (Å²) in [6.45, 7) is 2.17. The fraction of sp³-hybridized carbons (Fsp3) is 0.167. The quantitative estimate of drug-likeness (QED) is 0.379. The van der Waals surface area contributed by atoms with Crippen LogP contribution in [-0.4, -0.2) is 26.7 Å². The first-order chi connectivity index (χ1) is 16.7. The maximum atomic E-state index is 13.4. The molecular formula is C24H22FN7O3. The van der Waals surface area contributed by atoms with E-state index in [1.165, 1.54) is 43.3 Å². The second kappa shape index (κ2) is 9.96. The SMILES string of the molecule is CCn1c(=O)c(N(C(=N)C(N)=O)C(=N)c2ccc(C#N)cc2)c(C)n(-c2cccc(CF)c2)c1=O. The molecule has 0 saturated carbocycles. The van der Waals surface area contributed by atoms with Gasteiger partial charge in [0.2, 0.25) is 0 Å². The summed E-state index contributed by atoms with van der Waals surface area (Å²) in [7, 11) is 0. The Hall–Kier alpha value is -4.85. The average molecular weight is 475 g/mol. The smallest absolute Gasteiger partial charge is 0.335 e. The molecule has 1 amide bonds. The van der Waals surface area contributed by atoms with E-state index in [2.05, 4.69) is 0 Å². The Kier molecular flexibility index (Phi) is 7.06. The van der Waals surface area contributed by atoms with Gasteiger partial charge in [0.15, 0.2) is 5.84 Å². The Morgan fingerprint density at radius 3 is 2.37 bits per heavy atom. The van der Waals surface area contributed by atoms with E-state index in [4.69, 9.17) is 21.8 Å². The van der Waals surface area contributed by atoms with Crippen molar-refractivity contribution in [3.05, 3.63) is 91.8 Å². The fourth-order valence-electron chi connectivity index (χ4n) is 3.64. The number of rotatable bonds is 5. The van der Waals surface area contributed by atoms with Gasteiger partial charge in [0.25, 0.3) is 11.5 Å². The molecule has 0 fully saturated rings. The summed E-state index contributed by atoms with van der Waals surface area (Å²) in [6.07, 6.45) is 0. The van der Waals surface area contributed by atoms with E-state index in [-0.39, 0.29) is 29.2 Å². The van der Waals surface area contributed by atoms with Gasteiger partial charge < -0.3 is 5.73 Å². The first-order valence-electron chi connectivity index (χ1n) is 10.5. The number of nitrogens with zero attached hydrogens (tertiary/aromatic N) is 4. The van der Waals surface area contributed by atoms with E-state index in [0.29, 0.717) is 11.1 Å². The molecule has 0 aliphatic rings. The van der Waals surface area contributed by atoms with Gasteiger partial charge in [-0.1, -0.05) is 12.1 Å². The van der Waals surface area contributed by atoms with Crippen LogP contribution < -0.4 is 21.9 Å². The zero-order chi connectivity index (χ0) is 25.9. The minimum absolute atomic E-state index is 0.0186. The summed E-state index contributed by atoms with van der Waals surface area (Å²) in [5, 5.41) is 26.0. The molecule has 0 spiro atoms. The molecule has 0 radical (unpaired) electrons. The minimum Gasteiger partial charge on any atom is -0.363 e. The molecule has 3 aromatic rings. The standard InChI is InChI=1S/C24H22FN7O3/c1-3-30-23(34)19(14(2)31(24(30)35)18-6-4-5-16(11-18)12-25)32(21(28)22(29)33)20(27)17-9-7-15(13-26)8-10-17/h4-11,27-28H,3,12H2,1-2H3,(H2,29,33). The predicted molar refractivity (Wildman–Crippen MR) is 129 cm³/mol. The molecule has 178 valence electrons. The number of hydrogen-bond acceptors (Lipinski definition) is 6. The van der Waals surface area contributed by atoms with Crippen LogP contribution >= 0.6 is 0 Å². The van der Waals surface area contributed by atoms with Crippen LogP contribution in [-0.2, 0) is 18.0 Å². The molecule has 0 saturated heterocycles. The summed E-state index contributed by atoms with van der Waals surface area (Å²) < 4.78 is 15.3. The summed E-state index contributed by atoms with van der Waals surface area (Å²) in [5.41, 5.74) is 4.61. The molecule has 11 heteroatoms. The molecule has 1 aromatic heterocycles. The lowest BCUT2D eigenvalue weighted by atomic mass is 10.1. The Morgan fingerprint density at radius 2 is 1.83 bits per heavy atom. The minimum atomic E-state index is -1.21. The number of nitriles is 1. The maximum Gasteiger partial charge on any atom is 0.335 e. The molecule has 1 heterocycles. The lowest BCUT2D eigenvalue weighted by molar-refractivity contribution is -0.112. The molecule has 2 aromatic carbocycles. The van der Waals surface area contributed by atoms with Gasteiger partial charge in [0, 0.05) is 12.1 Å². The number of amidine groups is 2. The van der Waals surface area contributed by atoms with Gasteiger partial charge >= 0.3 is 5.69 Å². The van der Waals surface area contributed by atoms with Gasteiger partial charge in [-0.3, -0.25) is 34.4 Å². The molecule has 0 aliphatic heterocycles. The van der Waals surface area contributed by atoms with Crippen LogP contribution in [0.3, 0.4) is 0 Å². The molecule has 0 bridgehead atoms. The van der Waals surface area contributed by atoms with Crippen molar-refractivity contribution >= 4 is 23.3 Å². The molecule has 35 heavy (non-hydrogen) atoms. The Morgan fingerprint density at radius 1 is 1.17 bits per heavy atom. The van der Waals surface area contributed by atoms with Crippen LogP contribution in [0.4, 0.5) is 10.1 Å². The van der Waals surface area contributed by atoms with Crippen LogP contribution in [0.2, 0.25) is 0 Å². The Balaban J connectivity index is 2.38. The first kappa shape index (κ1) is 24.8. The lowest BCUT2D eigenvalue weighted by Crippen LogP contribution is -2.50. The third kappa shape index (κ3) is 4.49. The topological polar surface area (TPSA) is 162 Å². The highest BCUT2D eigenvalue weighted by molar-refractivity contribution is 6.47. The van der Waals surface area contributed by atoms with Crippen molar-refractivity contribution < 1.29 is 9.18 Å². The van der Waals surface area contributed by atoms with Crippen LogP contribution in [0.15, 0.2) is 58.1 Å². The predicted octanol–water partition coefficient (Wildman–Crippen LogP) is 1.96. The Labute approximate surface area is 199 Å². The zero-order valence-electron chi connectivity index (χ0n) is 19.0. The largest absolute Gasteiger partial charge is 0.363 e. The third-order valence-electron chi connectivity index (χ3n) is 5.38. The van der Waals surface area contributed by atoms with Crippen molar-refractivity contribution in [1.29, 1.82) is 16.1 Å². The molecule has 3 rings (SSSR count). The van der Waals surface area contributed by atoms with Crippen molar-refractivity contribution in [2.45, 2.75) is 27.1 Å². The fourth-order valence-corrected chi connectivity index (χ4v) is 3.64. The molecule has 0 unspecified atom stereocenters. The van der Waals surface area contributed by atoms with E-state index < -0.39 is 35.5 Å². The first-order valence-corrected chi connectivity index (χ1v) is 10.5. The number of anilines is 1. The monoisotopic (exact) mass is 475 g/mol. The number of aromatic nitrogens is 2. The highest BCUT2D eigenvalue weighted by Gasteiger charge is 2.30. The number of nitrogens with two attached hydrogens (primary N) is 1. The van der Waals surface area contributed by atoms with Crippen LogP contribution in [0.5, 0.6) is 0 Å². The highest BCUT2D eigenvalue weighted by Crippen LogP contribution is 2.21. The number of hydrogen-bond donors (Lipinski definition) is 3. The molecule has 10 nitrogen and oxygen atoms in total. The van der Waals surface area contributed by atoms with Crippen molar-refractivity contribution in [3.8, 4) is 11.8 Å². The average Bonchev–Trinajstić information content (AvgIpc) is 2.86. The van der Waals surface area contributed by atoms with Gasteiger partial charge in [-0.15, -0.1) is 0 Å². The molecule has 0 aliphatic carbocycles. The van der Waals surface area contributed by atoms with Gasteiger partial charge in [-0.25, -0.2) is 9.18 Å². The number of primary amides is 1. The number of alkyl halides is 1. The molecule has 0 atom stereocenters. The second-order valence-electron chi connectivity index (χ2n) is 7.49. The number of halogens is 1. The van der Waals surface area contributed by atoms with E-state index in [0.717, 1.165) is 14.0 Å². The van der Waals surface area contributed by atoms with Gasteiger partial charge in [-0.2, -0.15) is 5.26 Å². The van der Waals surface area contributed by atoms with Gasteiger partial charge in [0.1, 0.15) is 18.2 Å². The van der Waals surface area contributed by atoms with Gasteiger partial charge in [-0.05, 0) is 55.8 Å². The van der Waals surface area contributed by atoms with Crippen molar-refractivity contribution in [3.63, 3.8) is 0 Å². The van der Waals surface area contributed by atoms with E-state index in [9.17, 15) is 18.8 Å². The third-order valence-corrected chi connectivity index (χ3v) is 5.38. The van der Waals surface area contributed by atoms with Crippen molar-refractivity contribution in [1.82, 2.24) is 9.13 Å². The van der Waals surface area contributed by atoms with E-state index in [1.807, 2.05) is 6.07 Å². The number of benzene rings is 2. The van der Waals surface area contributed by atoms with E-state index in [1.54, 1.807) is 19.1 Å². The number of carbonyl (C=O) groups excluding carboxylic acids is 1. The second-order valence-corrected chi connectivity index (χ2v) is 7.49. The highest BCUT2D eigenvalue weighted by atomic mass is 19.1. The zero-order valence-corrected chi connectivity index (χ0v) is 19.0. The van der Waals surface area contributed by atoms with Crippen molar-refractivity contribution in [2.24, 2.45) is 5.73 Å². The Bertz CT molecular complexity index is 1500. The van der Waals surface area contributed by atoms with Crippen LogP contribution in [0.25, 0.3) is 5.69 Å².